The highest BCUT2D eigenvalue weighted by molar-refractivity contribution is 7.07. The van der Waals surface area contributed by atoms with E-state index in [0.717, 1.165) is 6.54 Å². The Balaban J connectivity index is 1.83. The van der Waals surface area contributed by atoms with Gasteiger partial charge in [0.25, 0.3) is 0 Å². The van der Waals surface area contributed by atoms with Gasteiger partial charge in [0.05, 0.1) is 0 Å². The number of thiophene rings is 1. The van der Waals surface area contributed by atoms with Crippen LogP contribution >= 0.6 is 11.3 Å². The van der Waals surface area contributed by atoms with Gasteiger partial charge in [-0.15, -0.1) is 0 Å². The smallest absolute Gasteiger partial charge is 0.00951 e. The summed E-state index contributed by atoms with van der Waals surface area (Å²) in [5.74, 6) is 0. The Kier molecular flexibility index (Phi) is 3.47. The quantitative estimate of drug-likeness (QED) is 0.779. The van der Waals surface area contributed by atoms with Gasteiger partial charge < -0.3 is 5.32 Å². The molecule has 1 aromatic rings. The van der Waals surface area contributed by atoms with Crippen LogP contribution in [0.25, 0.3) is 0 Å². The first-order chi connectivity index (χ1) is 7.27. The van der Waals surface area contributed by atoms with Gasteiger partial charge in [-0.1, -0.05) is 6.92 Å². The molecule has 1 fully saturated rings. The summed E-state index contributed by atoms with van der Waals surface area (Å²) in [6, 6.07) is 2.96. The van der Waals surface area contributed by atoms with Crippen molar-refractivity contribution >= 4 is 11.3 Å². The van der Waals surface area contributed by atoms with E-state index in [4.69, 9.17) is 0 Å². The summed E-state index contributed by atoms with van der Waals surface area (Å²) in [7, 11) is 0. The zero-order valence-electron chi connectivity index (χ0n) is 9.75. The molecule has 2 rings (SSSR count). The molecule has 0 aromatic carbocycles. The van der Waals surface area contributed by atoms with Crippen LogP contribution in [0.5, 0.6) is 0 Å². The summed E-state index contributed by atoms with van der Waals surface area (Å²) in [5, 5.41) is 8.05. The standard InChI is InChI=1S/C13H21NS/c1-3-14-11(2)13(7-8-13)6-4-12-5-9-15-10-12/h5,9-11,14H,3-4,6-8H2,1-2H3. The van der Waals surface area contributed by atoms with Crippen LogP contribution in [0.2, 0.25) is 0 Å². The molecular formula is C13H21NS. The minimum absolute atomic E-state index is 0.623. The normalized spacial score (nSPS) is 20.1. The fourth-order valence-corrected chi connectivity index (χ4v) is 3.11. The van der Waals surface area contributed by atoms with Crippen LogP contribution < -0.4 is 5.32 Å². The summed E-state index contributed by atoms with van der Waals surface area (Å²) in [6.07, 6.45) is 5.47. The van der Waals surface area contributed by atoms with Gasteiger partial charge in [0.1, 0.15) is 0 Å². The molecule has 1 saturated carbocycles. The van der Waals surface area contributed by atoms with Crippen LogP contribution in [-0.4, -0.2) is 12.6 Å². The third kappa shape index (κ3) is 2.61. The van der Waals surface area contributed by atoms with Crippen LogP contribution in [0, 0.1) is 5.41 Å². The summed E-state index contributed by atoms with van der Waals surface area (Å²) >= 11 is 1.81. The second-order valence-electron chi connectivity index (χ2n) is 4.77. The Bertz CT molecular complexity index is 287. The molecule has 0 saturated heterocycles. The summed E-state index contributed by atoms with van der Waals surface area (Å²) in [4.78, 5) is 0. The van der Waals surface area contributed by atoms with E-state index in [1.54, 1.807) is 0 Å². The highest BCUT2D eigenvalue weighted by atomic mass is 32.1. The molecule has 15 heavy (non-hydrogen) atoms. The van der Waals surface area contributed by atoms with E-state index >= 15 is 0 Å². The van der Waals surface area contributed by atoms with Crippen LogP contribution in [0.3, 0.4) is 0 Å². The van der Waals surface area contributed by atoms with E-state index in [1.165, 1.54) is 31.2 Å². The molecule has 1 atom stereocenters. The fraction of sp³-hybridized carbons (Fsp3) is 0.692. The Morgan fingerprint density at radius 2 is 2.33 bits per heavy atom. The van der Waals surface area contributed by atoms with Gasteiger partial charge in [0.15, 0.2) is 0 Å². The van der Waals surface area contributed by atoms with E-state index < -0.39 is 0 Å². The maximum absolute atomic E-state index is 3.58. The van der Waals surface area contributed by atoms with Crippen LogP contribution in [0.15, 0.2) is 16.8 Å². The van der Waals surface area contributed by atoms with Crippen molar-refractivity contribution in [2.45, 2.75) is 45.6 Å². The second kappa shape index (κ2) is 4.67. The lowest BCUT2D eigenvalue weighted by Crippen LogP contribution is -2.34. The molecule has 0 radical (unpaired) electrons. The monoisotopic (exact) mass is 223 g/mol. The molecule has 1 N–H and O–H groups in total. The predicted octanol–water partition coefficient (Wildman–Crippen LogP) is 3.46. The second-order valence-corrected chi connectivity index (χ2v) is 5.55. The van der Waals surface area contributed by atoms with Gasteiger partial charge in [-0.25, -0.2) is 0 Å². The first-order valence-electron chi connectivity index (χ1n) is 6.01. The summed E-state index contributed by atoms with van der Waals surface area (Å²) < 4.78 is 0. The van der Waals surface area contributed by atoms with Gasteiger partial charge in [-0.05, 0) is 67.0 Å². The van der Waals surface area contributed by atoms with E-state index in [0.29, 0.717) is 11.5 Å². The number of nitrogens with one attached hydrogen (secondary N) is 1. The zero-order valence-corrected chi connectivity index (χ0v) is 10.6. The third-order valence-corrected chi connectivity index (χ3v) is 4.54. The molecule has 1 heterocycles. The maximum Gasteiger partial charge on any atom is 0.00951 e. The van der Waals surface area contributed by atoms with Crippen molar-refractivity contribution in [1.82, 2.24) is 5.32 Å². The van der Waals surface area contributed by atoms with Gasteiger partial charge in [-0.2, -0.15) is 11.3 Å². The molecule has 1 nitrogen and oxygen atoms in total. The first kappa shape index (κ1) is 11.2. The Morgan fingerprint density at radius 1 is 1.53 bits per heavy atom. The lowest BCUT2D eigenvalue weighted by molar-refractivity contribution is 0.336. The molecule has 1 unspecified atom stereocenters. The lowest BCUT2D eigenvalue weighted by Gasteiger charge is -2.24. The number of aryl methyl sites for hydroxylation is 1. The van der Waals surface area contributed by atoms with E-state index in [2.05, 4.69) is 36.0 Å². The topological polar surface area (TPSA) is 12.0 Å². The Morgan fingerprint density at radius 3 is 2.87 bits per heavy atom. The number of hydrogen-bond donors (Lipinski definition) is 1. The van der Waals surface area contributed by atoms with Crippen LogP contribution in [0.1, 0.15) is 38.7 Å². The van der Waals surface area contributed by atoms with Crippen LogP contribution in [0.4, 0.5) is 0 Å². The molecular weight excluding hydrogens is 202 g/mol. The van der Waals surface area contributed by atoms with Crippen LogP contribution in [-0.2, 0) is 6.42 Å². The van der Waals surface area contributed by atoms with E-state index in [-0.39, 0.29) is 0 Å². The van der Waals surface area contributed by atoms with Gasteiger partial charge in [0, 0.05) is 6.04 Å². The molecule has 1 aromatic heterocycles. The lowest BCUT2D eigenvalue weighted by atomic mass is 9.91. The average Bonchev–Trinajstić information content (AvgIpc) is 2.85. The number of hydrogen-bond acceptors (Lipinski definition) is 2. The molecule has 0 spiro atoms. The van der Waals surface area contributed by atoms with Gasteiger partial charge in [0.2, 0.25) is 0 Å². The average molecular weight is 223 g/mol. The predicted molar refractivity (Wildman–Crippen MR) is 67.4 cm³/mol. The van der Waals surface area contributed by atoms with Crippen molar-refractivity contribution in [1.29, 1.82) is 0 Å². The molecule has 0 bridgehead atoms. The summed E-state index contributed by atoms with van der Waals surface area (Å²) in [5.41, 5.74) is 2.15. The molecule has 84 valence electrons. The Labute approximate surface area is 96.9 Å². The largest absolute Gasteiger partial charge is 0.314 e. The highest BCUT2D eigenvalue weighted by Crippen LogP contribution is 2.52. The maximum atomic E-state index is 3.58. The van der Waals surface area contributed by atoms with Crippen molar-refractivity contribution in [3.05, 3.63) is 22.4 Å². The highest BCUT2D eigenvalue weighted by Gasteiger charge is 2.46. The third-order valence-electron chi connectivity index (χ3n) is 3.81. The minimum Gasteiger partial charge on any atom is -0.314 e. The van der Waals surface area contributed by atoms with E-state index in [1.807, 2.05) is 11.3 Å². The SMILES string of the molecule is CCNC(C)C1(CCc2ccsc2)CC1. The van der Waals surface area contributed by atoms with E-state index in [9.17, 15) is 0 Å². The molecule has 0 aliphatic heterocycles. The van der Waals surface area contributed by atoms with Crippen molar-refractivity contribution in [2.75, 3.05) is 6.54 Å². The minimum atomic E-state index is 0.623. The van der Waals surface area contributed by atoms with Crippen molar-refractivity contribution in [3.63, 3.8) is 0 Å². The van der Waals surface area contributed by atoms with Crippen molar-refractivity contribution < 1.29 is 0 Å². The first-order valence-corrected chi connectivity index (χ1v) is 6.95. The molecule has 1 aliphatic rings. The Hall–Kier alpha value is -0.340. The van der Waals surface area contributed by atoms with Crippen molar-refractivity contribution in [3.8, 4) is 0 Å². The molecule has 0 amide bonds. The van der Waals surface area contributed by atoms with Crippen molar-refractivity contribution in [2.24, 2.45) is 5.41 Å². The van der Waals surface area contributed by atoms with Gasteiger partial charge >= 0.3 is 0 Å². The summed E-state index contributed by atoms with van der Waals surface area (Å²) in [6.45, 7) is 5.65. The zero-order chi connectivity index (χ0) is 10.7. The number of rotatable bonds is 6. The van der Waals surface area contributed by atoms with Gasteiger partial charge in [-0.3, -0.25) is 0 Å². The molecule has 2 heteroatoms. The fourth-order valence-electron chi connectivity index (χ4n) is 2.41. The molecule has 1 aliphatic carbocycles.